The van der Waals surface area contributed by atoms with Crippen LogP contribution in [0.4, 0.5) is 0 Å². The van der Waals surface area contributed by atoms with Crippen LogP contribution in [0.2, 0.25) is 0 Å². The van der Waals surface area contributed by atoms with Crippen molar-refractivity contribution in [3.05, 3.63) is 0 Å². The van der Waals surface area contributed by atoms with Crippen LogP contribution in [0.1, 0.15) is 85.5 Å². The molecule has 0 radical (unpaired) electrons. The Morgan fingerprint density at radius 1 is 0.958 bits per heavy atom. The molecule has 5 nitrogen and oxygen atoms in total. The number of carboxylic acid groups (broad SMARTS) is 1. The molecule has 0 saturated heterocycles. The Balaban J connectivity index is 3.61. The lowest BCUT2D eigenvalue weighted by atomic mass is 9.87. The molecule has 0 spiro atoms. The van der Waals surface area contributed by atoms with Gasteiger partial charge >= 0.3 is 5.97 Å². The first-order valence-corrected chi connectivity index (χ1v) is 9.26. The lowest BCUT2D eigenvalue weighted by Gasteiger charge is -2.29. The van der Waals surface area contributed by atoms with E-state index in [9.17, 15) is 9.59 Å². The highest BCUT2D eigenvalue weighted by Gasteiger charge is 2.27. The smallest absolute Gasteiger partial charge is 0.309 e. The van der Waals surface area contributed by atoms with Gasteiger partial charge in [-0.05, 0) is 58.8 Å². The predicted molar refractivity (Wildman–Crippen MR) is 95.0 cm³/mol. The number of hydrogen-bond acceptors (Lipinski definition) is 4. The Morgan fingerprint density at radius 2 is 1.50 bits per heavy atom. The molecular weight excluding hydrogens is 308 g/mol. The standard InChI is InChI=1S/C19H36O5/c1-5-19(6-2,24-16-20)13-8-7-10-14-23-15-11-9-12-18(3,4)17(21)22/h16H,5-15H2,1-4H3,(H,21,22). The van der Waals surface area contributed by atoms with Gasteiger partial charge in [0.1, 0.15) is 5.60 Å². The minimum atomic E-state index is -0.739. The molecule has 0 aromatic heterocycles. The van der Waals surface area contributed by atoms with Crippen LogP contribution in [0, 0.1) is 5.41 Å². The van der Waals surface area contributed by atoms with Crippen LogP contribution in [-0.2, 0) is 19.1 Å². The summed E-state index contributed by atoms with van der Waals surface area (Å²) < 4.78 is 10.9. The van der Waals surface area contributed by atoms with Crippen LogP contribution < -0.4 is 0 Å². The van der Waals surface area contributed by atoms with Gasteiger partial charge in [-0.2, -0.15) is 0 Å². The zero-order valence-corrected chi connectivity index (χ0v) is 15.9. The summed E-state index contributed by atoms with van der Waals surface area (Å²) in [7, 11) is 0. The van der Waals surface area contributed by atoms with E-state index in [1.54, 1.807) is 13.8 Å². The first-order chi connectivity index (χ1) is 11.3. The first kappa shape index (κ1) is 22.9. The second-order valence-corrected chi connectivity index (χ2v) is 7.17. The van der Waals surface area contributed by atoms with Gasteiger partial charge in [0.05, 0.1) is 5.41 Å². The van der Waals surface area contributed by atoms with Crippen molar-refractivity contribution >= 4 is 12.4 Å². The number of rotatable bonds is 16. The Labute approximate surface area is 147 Å². The largest absolute Gasteiger partial charge is 0.481 e. The number of aliphatic carboxylic acids is 1. The van der Waals surface area contributed by atoms with E-state index in [-0.39, 0.29) is 5.60 Å². The van der Waals surface area contributed by atoms with E-state index in [4.69, 9.17) is 14.6 Å². The van der Waals surface area contributed by atoms with Crippen molar-refractivity contribution < 1.29 is 24.2 Å². The number of carboxylic acids is 1. The lowest BCUT2D eigenvalue weighted by Crippen LogP contribution is -2.30. The molecule has 0 saturated carbocycles. The van der Waals surface area contributed by atoms with Crippen LogP contribution in [0.5, 0.6) is 0 Å². The van der Waals surface area contributed by atoms with E-state index in [0.717, 1.165) is 58.0 Å². The van der Waals surface area contributed by atoms with E-state index in [2.05, 4.69) is 13.8 Å². The summed E-state index contributed by atoms with van der Waals surface area (Å²) in [5.74, 6) is -0.739. The molecule has 0 unspecified atom stereocenters. The van der Waals surface area contributed by atoms with Crippen molar-refractivity contribution in [1.82, 2.24) is 0 Å². The number of ether oxygens (including phenoxy) is 2. The molecule has 5 heteroatoms. The average molecular weight is 344 g/mol. The van der Waals surface area contributed by atoms with Crippen molar-refractivity contribution in [3.63, 3.8) is 0 Å². The van der Waals surface area contributed by atoms with E-state index >= 15 is 0 Å². The summed E-state index contributed by atoms with van der Waals surface area (Å²) in [6, 6.07) is 0. The average Bonchev–Trinajstić information content (AvgIpc) is 2.55. The topological polar surface area (TPSA) is 72.8 Å². The minimum absolute atomic E-state index is 0.292. The fourth-order valence-electron chi connectivity index (χ4n) is 2.74. The van der Waals surface area contributed by atoms with Gasteiger partial charge in [-0.15, -0.1) is 0 Å². The molecule has 0 aromatic carbocycles. The minimum Gasteiger partial charge on any atom is -0.481 e. The molecule has 0 aliphatic carbocycles. The summed E-state index contributed by atoms with van der Waals surface area (Å²) in [6.45, 7) is 9.64. The highest BCUT2D eigenvalue weighted by Crippen LogP contribution is 2.26. The summed E-state index contributed by atoms with van der Waals surface area (Å²) >= 11 is 0. The molecule has 1 N–H and O–H groups in total. The second-order valence-electron chi connectivity index (χ2n) is 7.17. The van der Waals surface area contributed by atoms with Gasteiger partial charge in [0.2, 0.25) is 0 Å². The third-order valence-electron chi connectivity index (χ3n) is 4.93. The van der Waals surface area contributed by atoms with Crippen molar-refractivity contribution in [2.45, 2.75) is 91.1 Å². The van der Waals surface area contributed by atoms with E-state index in [0.29, 0.717) is 19.5 Å². The Morgan fingerprint density at radius 3 is 2.00 bits per heavy atom. The molecule has 0 atom stereocenters. The highest BCUT2D eigenvalue weighted by molar-refractivity contribution is 5.73. The maximum absolute atomic E-state index is 11.0. The zero-order chi connectivity index (χ0) is 18.5. The summed E-state index contributed by atoms with van der Waals surface area (Å²) in [6.07, 6.45) is 8.17. The van der Waals surface area contributed by atoms with Gasteiger partial charge in [0.15, 0.2) is 0 Å². The number of hydrogen-bond donors (Lipinski definition) is 1. The first-order valence-electron chi connectivity index (χ1n) is 9.26. The van der Waals surface area contributed by atoms with Crippen molar-refractivity contribution in [3.8, 4) is 0 Å². The zero-order valence-electron chi connectivity index (χ0n) is 15.9. The van der Waals surface area contributed by atoms with E-state index < -0.39 is 11.4 Å². The molecular formula is C19H36O5. The van der Waals surface area contributed by atoms with Gasteiger partial charge in [-0.3, -0.25) is 9.59 Å². The van der Waals surface area contributed by atoms with E-state index in [1.807, 2.05) is 0 Å². The summed E-state index contributed by atoms with van der Waals surface area (Å²) in [5.41, 5.74) is -0.936. The van der Waals surface area contributed by atoms with Crippen molar-refractivity contribution in [1.29, 1.82) is 0 Å². The third-order valence-corrected chi connectivity index (χ3v) is 4.93. The second kappa shape index (κ2) is 12.3. The fourth-order valence-corrected chi connectivity index (χ4v) is 2.74. The molecule has 0 bridgehead atoms. The number of carbonyl (C=O) groups is 2. The molecule has 0 amide bonds. The molecule has 0 aromatic rings. The van der Waals surface area contributed by atoms with Gasteiger partial charge in [-0.1, -0.05) is 26.7 Å². The van der Waals surface area contributed by atoms with Crippen LogP contribution >= 0.6 is 0 Å². The normalized spacial score (nSPS) is 12.2. The van der Waals surface area contributed by atoms with Crippen LogP contribution in [0.25, 0.3) is 0 Å². The lowest BCUT2D eigenvalue weighted by molar-refractivity contribution is -0.147. The monoisotopic (exact) mass is 344 g/mol. The Kier molecular flexibility index (Phi) is 11.7. The number of unbranched alkanes of at least 4 members (excludes halogenated alkanes) is 3. The Hall–Kier alpha value is -1.10. The molecule has 24 heavy (non-hydrogen) atoms. The van der Waals surface area contributed by atoms with Gasteiger partial charge in [-0.25, -0.2) is 0 Å². The van der Waals surface area contributed by atoms with Crippen LogP contribution in [0.15, 0.2) is 0 Å². The molecule has 0 fully saturated rings. The van der Waals surface area contributed by atoms with Crippen LogP contribution in [-0.4, -0.2) is 36.4 Å². The van der Waals surface area contributed by atoms with Gasteiger partial charge in [0.25, 0.3) is 6.47 Å². The van der Waals surface area contributed by atoms with Gasteiger partial charge < -0.3 is 14.6 Å². The predicted octanol–water partition coefficient (Wildman–Crippen LogP) is 4.58. The molecule has 0 aliphatic rings. The highest BCUT2D eigenvalue weighted by atomic mass is 16.5. The Bertz CT molecular complexity index is 348. The van der Waals surface area contributed by atoms with Gasteiger partial charge in [0, 0.05) is 13.2 Å². The molecule has 0 heterocycles. The van der Waals surface area contributed by atoms with Crippen LogP contribution in [0.3, 0.4) is 0 Å². The summed E-state index contributed by atoms with van der Waals surface area (Å²) in [4.78, 5) is 21.6. The fraction of sp³-hybridized carbons (Fsp3) is 0.895. The number of carbonyl (C=O) groups excluding carboxylic acids is 1. The maximum Gasteiger partial charge on any atom is 0.309 e. The summed E-state index contributed by atoms with van der Waals surface area (Å²) in [5, 5.41) is 9.03. The third kappa shape index (κ3) is 9.26. The van der Waals surface area contributed by atoms with Crippen molar-refractivity contribution in [2.75, 3.05) is 13.2 Å². The molecule has 142 valence electrons. The van der Waals surface area contributed by atoms with E-state index in [1.165, 1.54) is 0 Å². The molecule has 0 aliphatic heterocycles. The quantitative estimate of drug-likeness (QED) is 0.328. The SMILES string of the molecule is CCC(CC)(CCCCCOCCCCC(C)(C)C(=O)O)OC=O. The maximum atomic E-state index is 11.0. The van der Waals surface area contributed by atoms with Crippen molar-refractivity contribution in [2.24, 2.45) is 5.41 Å². The molecule has 0 rings (SSSR count).